The lowest BCUT2D eigenvalue weighted by atomic mass is 10.2. The van der Waals surface area contributed by atoms with Crippen LogP contribution in [0.5, 0.6) is 11.5 Å². The lowest BCUT2D eigenvalue weighted by Gasteiger charge is -2.16. The van der Waals surface area contributed by atoms with Gasteiger partial charge in [0, 0.05) is 13.0 Å². The Kier molecular flexibility index (Phi) is 7.27. The number of amides is 1. The highest BCUT2D eigenvalue weighted by molar-refractivity contribution is 7.99. The highest BCUT2D eigenvalue weighted by atomic mass is 32.2. The van der Waals surface area contributed by atoms with Crippen molar-refractivity contribution in [1.29, 1.82) is 0 Å². The molecule has 0 radical (unpaired) electrons. The molecule has 1 aromatic carbocycles. The number of nitrogens with zero attached hydrogens (tertiary/aromatic N) is 5. The summed E-state index contributed by atoms with van der Waals surface area (Å²) in [5, 5.41) is 21.3. The van der Waals surface area contributed by atoms with Crippen LogP contribution in [0.2, 0.25) is 0 Å². The molecular weight excluding hydrogens is 424 g/mol. The van der Waals surface area contributed by atoms with Gasteiger partial charge in [-0.3, -0.25) is 10.1 Å². The Bertz CT molecular complexity index is 1000. The quantitative estimate of drug-likeness (QED) is 0.495. The Morgan fingerprint density at radius 2 is 1.90 bits per heavy atom. The maximum absolute atomic E-state index is 12.2. The van der Waals surface area contributed by atoms with Crippen LogP contribution in [0.1, 0.15) is 43.6 Å². The van der Waals surface area contributed by atoms with Crippen molar-refractivity contribution in [2.75, 3.05) is 18.2 Å². The van der Waals surface area contributed by atoms with Crippen LogP contribution in [0.3, 0.4) is 0 Å². The van der Waals surface area contributed by atoms with Crippen LogP contribution in [0.15, 0.2) is 29.4 Å². The molecule has 30 heavy (non-hydrogen) atoms. The number of methoxy groups -OCH3 is 1. The molecule has 2 aromatic heterocycles. The third kappa shape index (κ3) is 5.28. The molecule has 0 saturated heterocycles. The molecule has 0 aliphatic heterocycles. The summed E-state index contributed by atoms with van der Waals surface area (Å²) in [6.45, 7) is 5.96. The third-order valence-corrected chi connectivity index (χ3v) is 6.28. The number of hydrogen-bond acceptors (Lipinski definition) is 9. The van der Waals surface area contributed by atoms with Gasteiger partial charge in [-0.25, -0.2) is 0 Å². The van der Waals surface area contributed by atoms with Crippen LogP contribution in [0.4, 0.5) is 5.13 Å². The molecule has 3 aromatic rings. The summed E-state index contributed by atoms with van der Waals surface area (Å²) in [6, 6.07) is 7.43. The minimum Gasteiger partial charge on any atom is -0.493 e. The van der Waals surface area contributed by atoms with Crippen molar-refractivity contribution >= 4 is 34.1 Å². The summed E-state index contributed by atoms with van der Waals surface area (Å²) in [4.78, 5) is 12.2. The van der Waals surface area contributed by atoms with E-state index in [9.17, 15) is 4.79 Å². The lowest BCUT2D eigenvalue weighted by molar-refractivity contribution is -0.113. The first kappa shape index (κ1) is 22.0. The number of aromatic nitrogens is 5. The van der Waals surface area contributed by atoms with Gasteiger partial charge in [-0.1, -0.05) is 49.1 Å². The second-order valence-corrected chi connectivity index (χ2v) is 8.70. The van der Waals surface area contributed by atoms with Gasteiger partial charge in [0.2, 0.25) is 11.0 Å². The normalized spacial score (nSPS) is 12.1. The van der Waals surface area contributed by atoms with Crippen molar-refractivity contribution in [1.82, 2.24) is 25.0 Å². The number of thioether (sulfide) groups is 1. The second kappa shape index (κ2) is 9.90. The molecule has 11 heteroatoms. The molecular formula is C19H24N6O3S2. The lowest BCUT2D eigenvalue weighted by Crippen LogP contribution is -2.14. The van der Waals surface area contributed by atoms with Gasteiger partial charge in [-0.15, -0.1) is 20.4 Å². The van der Waals surface area contributed by atoms with Crippen LogP contribution in [-0.2, 0) is 11.8 Å². The average Bonchev–Trinajstić information content (AvgIpc) is 3.33. The Labute approximate surface area is 183 Å². The largest absolute Gasteiger partial charge is 0.493 e. The molecule has 9 nitrogen and oxygen atoms in total. The summed E-state index contributed by atoms with van der Waals surface area (Å²) < 4.78 is 13.1. The fourth-order valence-electron chi connectivity index (χ4n) is 2.57. The number of ether oxygens (including phenoxy) is 2. The maximum Gasteiger partial charge on any atom is 0.236 e. The van der Waals surface area contributed by atoms with E-state index in [1.165, 1.54) is 23.1 Å². The van der Waals surface area contributed by atoms with Crippen LogP contribution in [0, 0.1) is 0 Å². The summed E-state index contributed by atoms with van der Waals surface area (Å²) in [5.41, 5.74) is 0. The number of hydrogen-bond donors (Lipinski definition) is 1. The molecule has 1 atom stereocenters. The van der Waals surface area contributed by atoms with Gasteiger partial charge in [0.05, 0.1) is 12.9 Å². The first-order valence-corrected chi connectivity index (χ1v) is 11.1. The standard InChI is InChI=1S/C19H24N6O3S2/c1-11(2)17-22-23-18(30-17)20-15(26)10-29-19-24-21-16(25(19)4)12(3)28-14-9-7-6-8-13(14)27-5/h6-9,11-12H,10H2,1-5H3,(H,20,23,26). The van der Waals surface area contributed by atoms with Crippen molar-refractivity contribution in [3.8, 4) is 11.5 Å². The van der Waals surface area contributed by atoms with Crippen LogP contribution in [-0.4, -0.2) is 43.7 Å². The van der Waals surface area contributed by atoms with E-state index in [2.05, 4.69) is 25.7 Å². The van der Waals surface area contributed by atoms with Gasteiger partial charge in [0.15, 0.2) is 28.6 Å². The number of para-hydroxylation sites is 2. The summed E-state index contributed by atoms with van der Waals surface area (Å²) in [5.74, 6) is 2.21. The van der Waals surface area contributed by atoms with E-state index in [1.807, 2.05) is 56.7 Å². The first-order chi connectivity index (χ1) is 14.4. The molecule has 0 spiro atoms. The zero-order valence-corrected chi connectivity index (χ0v) is 19.1. The van der Waals surface area contributed by atoms with Gasteiger partial charge >= 0.3 is 0 Å². The number of rotatable bonds is 9. The van der Waals surface area contributed by atoms with Gasteiger partial charge in [0.25, 0.3) is 0 Å². The van der Waals surface area contributed by atoms with Crippen molar-refractivity contribution in [2.24, 2.45) is 7.05 Å². The third-order valence-electron chi connectivity index (χ3n) is 4.12. The van der Waals surface area contributed by atoms with E-state index in [1.54, 1.807) is 7.11 Å². The van der Waals surface area contributed by atoms with E-state index >= 15 is 0 Å². The smallest absolute Gasteiger partial charge is 0.236 e. The van der Waals surface area contributed by atoms with Gasteiger partial charge in [-0.2, -0.15) is 0 Å². The molecule has 0 saturated carbocycles. The van der Waals surface area contributed by atoms with E-state index in [4.69, 9.17) is 9.47 Å². The molecule has 1 amide bonds. The minimum atomic E-state index is -0.349. The van der Waals surface area contributed by atoms with Crippen LogP contribution >= 0.6 is 23.1 Å². The van der Waals surface area contributed by atoms with Crippen molar-refractivity contribution < 1.29 is 14.3 Å². The maximum atomic E-state index is 12.2. The zero-order valence-electron chi connectivity index (χ0n) is 17.4. The number of nitrogens with one attached hydrogen (secondary N) is 1. The highest BCUT2D eigenvalue weighted by Crippen LogP contribution is 2.31. The molecule has 0 aliphatic rings. The Morgan fingerprint density at radius 1 is 1.17 bits per heavy atom. The molecule has 2 heterocycles. The Hall–Kier alpha value is -2.66. The monoisotopic (exact) mass is 448 g/mol. The van der Waals surface area contributed by atoms with Gasteiger partial charge in [-0.05, 0) is 19.1 Å². The van der Waals surface area contributed by atoms with Crippen molar-refractivity contribution in [3.63, 3.8) is 0 Å². The van der Waals surface area contributed by atoms with Crippen LogP contribution in [0.25, 0.3) is 0 Å². The number of carbonyl (C=O) groups excluding carboxylic acids is 1. The fraction of sp³-hybridized carbons (Fsp3) is 0.421. The average molecular weight is 449 g/mol. The Morgan fingerprint density at radius 3 is 2.57 bits per heavy atom. The molecule has 3 rings (SSSR count). The van der Waals surface area contributed by atoms with E-state index in [0.29, 0.717) is 27.6 Å². The molecule has 1 unspecified atom stereocenters. The number of benzene rings is 1. The predicted molar refractivity (Wildman–Crippen MR) is 116 cm³/mol. The minimum absolute atomic E-state index is 0.172. The van der Waals surface area contributed by atoms with Crippen molar-refractivity contribution in [2.45, 2.75) is 37.9 Å². The molecule has 160 valence electrons. The highest BCUT2D eigenvalue weighted by Gasteiger charge is 2.19. The predicted octanol–water partition coefficient (Wildman–Crippen LogP) is 3.67. The summed E-state index contributed by atoms with van der Waals surface area (Å²) >= 11 is 2.68. The van der Waals surface area contributed by atoms with Crippen LogP contribution < -0.4 is 14.8 Å². The Balaban J connectivity index is 1.58. The van der Waals surface area contributed by atoms with E-state index in [-0.39, 0.29) is 23.7 Å². The topological polar surface area (TPSA) is 104 Å². The summed E-state index contributed by atoms with van der Waals surface area (Å²) in [7, 11) is 3.44. The van der Waals surface area contributed by atoms with Crippen molar-refractivity contribution in [3.05, 3.63) is 35.1 Å². The van der Waals surface area contributed by atoms with Gasteiger partial charge in [0.1, 0.15) is 5.01 Å². The molecule has 0 fully saturated rings. The number of carbonyl (C=O) groups is 1. The molecule has 1 N–H and O–H groups in total. The first-order valence-electron chi connectivity index (χ1n) is 9.34. The van der Waals surface area contributed by atoms with Gasteiger partial charge < -0.3 is 14.0 Å². The second-order valence-electron chi connectivity index (χ2n) is 6.75. The number of anilines is 1. The summed E-state index contributed by atoms with van der Waals surface area (Å²) in [6.07, 6.45) is -0.349. The zero-order chi connectivity index (χ0) is 21.7. The molecule has 0 aliphatic carbocycles. The fourth-order valence-corrected chi connectivity index (χ4v) is 4.05. The SMILES string of the molecule is COc1ccccc1OC(C)c1nnc(SCC(=O)Nc2nnc(C(C)C)s2)n1C. The molecule has 0 bridgehead atoms. The van der Waals surface area contributed by atoms with E-state index < -0.39 is 0 Å². The van der Waals surface area contributed by atoms with E-state index in [0.717, 1.165) is 5.01 Å².